The third-order valence-corrected chi connectivity index (χ3v) is 5.60. The highest BCUT2D eigenvalue weighted by Gasteiger charge is 2.21. The summed E-state index contributed by atoms with van der Waals surface area (Å²) in [6, 6.07) is 6.67. The second kappa shape index (κ2) is 9.04. The molecule has 2 aromatic heterocycles. The fourth-order valence-corrected chi connectivity index (χ4v) is 3.92. The van der Waals surface area contributed by atoms with E-state index in [1.54, 1.807) is 37.4 Å². The van der Waals surface area contributed by atoms with Crippen LogP contribution in [0.5, 0.6) is 0 Å². The van der Waals surface area contributed by atoms with Crippen LogP contribution in [0.1, 0.15) is 42.1 Å². The van der Waals surface area contributed by atoms with Gasteiger partial charge in [0.25, 0.3) is 5.56 Å². The molecule has 1 N–H and O–H groups in total. The van der Waals surface area contributed by atoms with E-state index < -0.39 is 5.97 Å². The molecule has 1 saturated heterocycles. The average Bonchev–Trinajstić information content (AvgIpc) is 3.17. The van der Waals surface area contributed by atoms with E-state index in [4.69, 9.17) is 10.1 Å². The van der Waals surface area contributed by atoms with Crippen LogP contribution in [0.15, 0.2) is 35.3 Å². The molecule has 4 rings (SSSR count). The molecule has 8 heteroatoms. The lowest BCUT2D eigenvalue weighted by atomic mass is 10.1. The largest absolute Gasteiger partial charge is 0.478 e. The van der Waals surface area contributed by atoms with Crippen LogP contribution < -0.4 is 10.5 Å². The van der Waals surface area contributed by atoms with Crippen LogP contribution in [-0.4, -0.2) is 43.5 Å². The van der Waals surface area contributed by atoms with Gasteiger partial charge in [0.15, 0.2) is 0 Å². The first kappa shape index (κ1) is 20.7. The number of benzene rings is 1. The number of carboxylic acids is 1. The van der Waals surface area contributed by atoms with E-state index in [0.717, 1.165) is 37.4 Å². The molecule has 31 heavy (non-hydrogen) atoms. The molecule has 0 radical (unpaired) electrons. The quantitative estimate of drug-likeness (QED) is 0.617. The molecule has 1 aromatic carbocycles. The normalized spacial score (nSPS) is 13.8. The second-order valence-electron chi connectivity index (χ2n) is 7.63. The highest BCUT2D eigenvalue weighted by molar-refractivity contribution is 5.87. The van der Waals surface area contributed by atoms with Crippen molar-refractivity contribution in [2.45, 2.75) is 45.7 Å². The van der Waals surface area contributed by atoms with E-state index in [-0.39, 0.29) is 11.1 Å². The zero-order valence-corrected chi connectivity index (χ0v) is 17.5. The van der Waals surface area contributed by atoms with Crippen molar-refractivity contribution in [1.82, 2.24) is 19.3 Å². The monoisotopic (exact) mass is 419 g/mol. The van der Waals surface area contributed by atoms with E-state index >= 15 is 0 Å². The van der Waals surface area contributed by atoms with E-state index in [2.05, 4.69) is 21.8 Å². The number of aromatic carboxylic acids is 1. The molecular weight excluding hydrogens is 394 g/mol. The first-order valence-corrected chi connectivity index (χ1v) is 10.5. The summed E-state index contributed by atoms with van der Waals surface area (Å²) in [4.78, 5) is 31.2. The first-order valence-electron chi connectivity index (χ1n) is 10.5. The Kier molecular flexibility index (Phi) is 6.03. The molecule has 0 amide bonds. The van der Waals surface area contributed by atoms with Crippen LogP contribution in [0.3, 0.4) is 0 Å². The van der Waals surface area contributed by atoms with Crippen molar-refractivity contribution in [3.8, 4) is 11.8 Å². The standard InChI is InChI=1S/C23H25N5O3/c1-2-3-14-27-20-19(25-23(27)26-12-5-4-6-13-26)16-24-28(21(20)29)15-11-17-7-9-18(10-8-17)22(30)31/h7-10,16H,4-6,11-15H2,1H3,(H,30,31). The molecule has 8 nitrogen and oxygen atoms in total. The van der Waals surface area contributed by atoms with E-state index in [9.17, 15) is 9.59 Å². The van der Waals surface area contributed by atoms with Crippen molar-refractivity contribution in [2.75, 3.05) is 18.0 Å². The second-order valence-corrected chi connectivity index (χ2v) is 7.63. The van der Waals surface area contributed by atoms with Gasteiger partial charge in [0, 0.05) is 19.6 Å². The molecular formula is C23H25N5O3. The Hall–Kier alpha value is -3.60. The van der Waals surface area contributed by atoms with Crippen LogP contribution >= 0.6 is 0 Å². The molecule has 0 aliphatic carbocycles. The van der Waals surface area contributed by atoms with Crippen LogP contribution in [0.25, 0.3) is 11.0 Å². The zero-order chi connectivity index (χ0) is 21.8. The SMILES string of the molecule is CC#CCn1c(N2CCCCC2)nc2cnn(CCc3ccc(C(=O)O)cc3)c(=O)c21. The highest BCUT2D eigenvalue weighted by Crippen LogP contribution is 2.23. The summed E-state index contributed by atoms with van der Waals surface area (Å²) in [5, 5.41) is 13.4. The Morgan fingerprint density at radius 2 is 1.90 bits per heavy atom. The highest BCUT2D eigenvalue weighted by atomic mass is 16.4. The maximum absolute atomic E-state index is 13.3. The molecule has 1 aliphatic heterocycles. The topological polar surface area (TPSA) is 93.2 Å². The van der Waals surface area contributed by atoms with Crippen LogP contribution in [0.4, 0.5) is 5.95 Å². The van der Waals surface area contributed by atoms with Gasteiger partial charge in [0.2, 0.25) is 5.95 Å². The van der Waals surface area contributed by atoms with Crippen molar-refractivity contribution in [1.29, 1.82) is 0 Å². The number of fused-ring (bicyclic) bond motifs is 1. The molecule has 0 bridgehead atoms. The van der Waals surface area contributed by atoms with Gasteiger partial charge >= 0.3 is 5.97 Å². The van der Waals surface area contributed by atoms with Gasteiger partial charge in [-0.15, -0.1) is 5.92 Å². The number of carbonyl (C=O) groups is 1. The number of hydrogen-bond donors (Lipinski definition) is 1. The predicted molar refractivity (Wildman–Crippen MR) is 118 cm³/mol. The number of carboxylic acid groups (broad SMARTS) is 1. The minimum Gasteiger partial charge on any atom is -0.478 e. The molecule has 1 aliphatic rings. The maximum Gasteiger partial charge on any atom is 0.335 e. The lowest BCUT2D eigenvalue weighted by molar-refractivity contribution is 0.0697. The third kappa shape index (κ3) is 4.31. The Morgan fingerprint density at radius 1 is 1.16 bits per heavy atom. The number of nitrogens with zero attached hydrogens (tertiary/aromatic N) is 5. The Labute approximate surface area is 180 Å². The van der Waals surface area contributed by atoms with Gasteiger partial charge in [-0.05, 0) is 50.3 Å². The molecule has 1 fully saturated rings. The fourth-order valence-electron chi connectivity index (χ4n) is 3.92. The predicted octanol–water partition coefficient (Wildman–Crippen LogP) is 2.55. The van der Waals surface area contributed by atoms with Crippen molar-refractivity contribution >= 4 is 23.0 Å². The van der Waals surface area contributed by atoms with Crippen molar-refractivity contribution < 1.29 is 9.90 Å². The molecule has 0 spiro atoms. The maximum atomic E-state index is 13.3. The lowest BCUT2D eigenvalue weighted by Gasteiger charge is -2.27. The van der Waals surface area contributed by atoms with Gasteiger partial charge in [-0.25, -0.2) is 14.5 Å². The van der Waals surface area contributed by atoms with Crippen molar-refractivity contribution in [2.24, 2.45) is 0 Å². The van der Waals surface area contributed by atoms with Crippen LogP contribution in [0, 0.1) is 11.8 Å². The average molecular weight is 419 g/mol. The Balaban J connectivity index is 1.65. The van der Waals surface area contributed by atoms with Crippen molar-refractivity contribution in [3.63, 3.8) is 0 Å². The fraction of sp³-hybridized carbons (Fsp3) is 0.391. The van der Waals surface area contributed by atoms with Gasteiger partial charge in [-0.1, -0.05) is 18.1 Å². The summed E-state index contributed by atoms with van der Waals surface area (Å²) in [5.41, 5.74) is 2.11. The summed E-state index contributed by atoms with van der Waals surface area (Å²) in [6.07, 6.45) is 5.67. The Bertz CT molecular complexity index is 1210. The number of imidazole rings is 1. The van der Waals surface area contributed by atoms with Crippen LogP contribution in [0.2, 0.25) is 0 Å². The molecule has 3 aromatic rings. The van der Waals surface area contributed by atoms with Gasteiger partial charge in [-0.2, -0.15) is 5.10 Å². The van der Waals surface area contributed by atoms with Gasteiger partial charge in [-0.3, -0.25) is 9.36 Å². The number of aryl methyl sites for hydroxylation is 2. The van der Waals surface area contributed by atoms with Crippen molar-refractivity contribution in [3.05, 3.63) is 51.9 Å². The number of anilines is 1. The summed E-state index contributed by atoms with van der Waals surface area (Å²) in [5.74, 6) is 5.82. The number of piperidine rings is 1. The van der Waals surface area contributed by atoms with Crippen LogP contribution in [-0.2, 0) is 19.5 Å². The minimum atomic E-state index is -0.956. The smallest absolute Gasteiger partial charge is 0.335 e. The van der Waals surface area contributed by atoms with Gasteiger partial charge < -0.3 is 10.0 Å². The number of aromatic nitrogens is 4. The van der Waals surface area contributed by atoms with E-state index in [0.29, 0.717) is 30.5 Å². The Morgan fingerprint density at radius 3 is 2.58 bits per heavy atom. The third-order valence-electron chi connectivity index (χ3n) is 5.60. The summed E-state index contributed by atoms with van der Waals surface area (Å²) in [7, 11) is 0. The summed E-state index contributed by atoms with van der Waals surface area (Å²) < 4.78 is 3.37. The molecule has 160 valence electrons. The molecule has 0 atom stereocenters. The van der Waals surface area contributed by atoms with Gasteiger partial charge in [0.05, 0.1) is 18.3 Å². The number of hydrogen-bond acceptors (Lipinski definition) is 5. The zero-order valence-electron chi connectivity index (χ0n) is 17.5. The number of rotatable bonds is 6. The molecule has 0 saturated carbocycles. The van der Waals surface area contributed by atoms with E-state index in [1.165, 1.54) is 11.1 Å². The lowest BCUT2D eigenvalue weighted by Crippen LogP contribution is -2.32. The summed E-state index contributed by atoms with van der Waals surface area (Å²) in [6.45, 7) is 4.45. The molecule has 3 heterocycles. The van der Waals surface area contributed by atoms with E-state index in [1.807, 2.05) is 4.57 Å². The first-order chi connectivity index (χ1) is 15.1. The summed E-state index contributed by atoms with van der Waals surface area (Å²) >= 11 is 0. The van der Waals surface area contributed by atoms with Gasteiger partial charge in [0.1, 0.15) is 11.0 Å². The minimum absolute atomic E-state index is 0.187. The molecule has 0 unspecified atom stereocenters.